The van der Waals surface area contributed by atoms with Crippen molar-refractivity contribution in [3.8, 4) is 11.5 Å². The topological polar surface area (TPSA) is 96.3 Å². The third-order valence-electron chi connectivity index (χ3n) is 2.83. The van der Waals surface area contributed by atoms with Gasteiger partial charge in [0.05, 0.1) is 18.2 Å². The highest BCUT2D eigenvalue weighted by atomic mass is 32.2. The standard InChI is InChI=1S/C14H18N4O2S/c1-8(2)9-4-5-10(12(6-9)21-19-3)20-11-7-17-14(16)18-13(11)15/h4-8H,1-3H3,(H4,15,16,17,18). The highest BCUT2D eigenvalue weighted by Gasteiger charge is 2.12. The van der Waals surface area contributed by atoms with Crippen molar-refractivity contribution in [2.24, 2.45) is 0 Å². The zero-order valence-electron chi connectivity index (χ0n) is 12.2. The lowest BCUT2D eigenvalue weighted by Crippen LogP contribution is -2.01. The van der Waals surface area contributed by atoms with E-state index in [0.717, 1.165) is 4.90 Å². The minimum Gasteiger partial charge on any atom is -0.451 e. The summed E-state index contributed by atoms with van der Waals surface area (Å²) in [5, 5.41) is 0. The predicted octanol–water partition coefficient (Wildman–Crippen LogP) is 3.21. The van der Waals surface area contributed by atoms with Crippen LogP contribution in [0.2, 0.25) is 0 Å². The molecule has 6 nitrogen and oxygen atoms in total. The second kappa shape index (κ2) is 6.64. The van der Waals surface area contributed by atoms with Crippen LogP contribution in [0.4, 0.5) is 11.8 Å². The Hall–Kier alpha value is -1.99. The molecule has 21 heavy (non-hydrogen) atoms. The van der Waals surface area contributed by atoms with E-state index >= 15 is 0 Å². The molecule has 2 aromatic rings. The van der Waals surface area contributed by atoms with E-state index in [9.17, 15) is 0 Å². The number of benzene rings is 1. The average molecular weight is 306 g/mol. The smallest absolute Gasteiger partial charge is 0.222 e. The molecular weight excluding hydrogens is 288 g/mol. The summed E-state index contributed by atoms with van der Waals surface area (Å²) in [5.41, 5.74) is 12.4. The predicted molar refractivity (Wildman–Crippen MR) is 84.3 cm³/mol. The summed E-state index contributed by atoms with van der Waals surface area (Å²) < 4.78 is 10.9. The van der Waals surface area contributed by atoms with Crippen molar-refractivity contribution in [2.45, 2.75) is 24.7 Å². The Kier molecular flexibility index (Phi) is 4.87. The molecule has 1 aromatic carbocycles. The van der Waals surface area contributed by atoms with Gasteiger partial charge in [0.25, 0.3) is 0 Å². The number of aromatic nitrogens is 2. The van der Waals surface area contributed by atoms with Crippen molar-refractivity contribution in [1.82, 2.24) is 9.97 Å². The molecular formula is C14H18N4O2S. The molecule has 1 aromatic heterocycles. The SMILES string of the molecule is COSc1cc(C(C)C)ccc1Oc1cnc(N)nc1N. The third kappa shape index (κ3) is 3.77. The number of nitrogen functional groups attached to an aromatic ring is 2. The van der Waals surface area contributed by atoms with Gasteiger partial charge in [0.1, 0.15) is 5.75 Å². The van der Waals surface area contributed by atoms with Gasteiger partial charge in [0.15, 0.2) is 11.6 Å². The van der Waals surface area contributed by atoms with Crippen molar-refractivity contribution in [2.75, 3.05) is 18.6 Å². The molecule has 0 spiro atoms. The molecule has 0 aliphatic carbocycles. The van der Waals surface area contributed by atoms with E-state index in [1.165, 1.54) is 23.8 Å². The molecule has 0 amide bonds. The van der Waals surface area contributed by atoms with E-state index in [0.29, 0.717) is 17.4 Å². The van der Waals surface area contributed by atoms with E-state index in [1.54, 1.807) is 7.11 Å². The summed E-state index contributed by atoms with van der Waals surface area (Å²) in [6.07, 6.45) is 1.45. The molecule has 0 saturated carbocycles. The number of nitrogens with zero attached hydrogens (tertiary/aromatic N) is 2. The summed E-state index contributed by atoms with van der Waals surface area (Å²) in [7, 11) is 1.61. The first-order valence-electron chi connectivity index (χ1n) is 6.41. The normalized spacial score (nSPS) is 10.9. The summed E-state index contributed by atoms with van der Waals surface area (Å²) >= 11 is 1.23. The number of ether oxygens (including phenoxy) is 1. The zero-order valence-corrected chi connectivity index (χ0v) is 13.0. The first kappa shape index (κ1) is 15.4. The van der Waals surface area contributed by atoms with Gasteiger partial charge in [-0.3, -0.25) is 0 Å². The fraction of sp³-hybridized carbons (Fsp3) is 0.286. The van der Waals surface area contributed by atoms with Gasteiger partial charge in [0, 0.05) is 12.0 Å². The van der Waals surface area contributed by atoms with Gasteiger partial charge in [0.2, 0.25) is 5.95 Å². The number of nitrogens with two attached hydrogens (primary N) is 2. The highest BCUT2D eigenvalue weighted by molar-refractivity contribution is 7.94. The van der Waals surface area contributed by atoms with Crippen LogP contribution in [0, 0.1) is 0 Å². The lowest BCUT2D eigenvalue weighted by molar-refractivity contribution is 0.459. The van der Waals surface area contributed by atoms with E-state index in [4.69, 9.17) is 20.4 Å². The summed E-state index contributed by atoms with van der Waals surface area (Å²) in [6, 6.07) is 5.92. The van der Waals surface area contributed by atoms with Gasteiger partial charge >= 0.3 is 0 Å². The number of hydrogen-bond acceptors (Lipinski definition) is 7. The highest BCUT2D eigenvalue weighted by Crippen LogP contribution is 2.36. The molecule has 0 bridgehead atoms. The van der Waals surface area contributed by atoms with E-state index < -0.39 is 0 Å². The molecule has 4 N–H and O–H groups in total. The Morgan fingerprint density at radius 2 is 1.95 bits per heavy atom. The average Bonchev–Trinajstić information content (AvgIpc) is 2.43. The Labute approximate surface area is 128 Å². The summed E-state index contributed by atoms with van der Waals surface area (Å²) in [5.74, 6) is 1.72. The van der Waals surface area contributed by atoms with Crippen LogP contribution < -0.4 is 16.2 Å². The van der Waals surface area contributed by atoms with Crippen LogP contribution in [0.1, 0.15) is 25.3 Å². The molecule has 0 atom stereocenters. The van der Waals surface area contributed by atoms with E-state index in [1.807, 2.05) is 18.2 Å². The molecule has 7 heteroatoms. The third-order valence-corrected chi connectivity index (χ3v) is 3.49. The van der Waals surface area contributed by atoms with Crippen LogP contribution in [0.15, 0.2) is 29.3 Å². The Morgan fingerprint density at radius 1 is 1.19 bits per heavy atom. The fourth-order valence-corrected chi connectivity index (χ4v) is 2.27. The Bertz CT molecular complexity index is 634. The molecule has 0 saturated heterocycles. The van der Waals surface area contributed by atoms with Gasteiger partial charge in [-0.2, -0.15) is 4.98 Å². The zero-order chi connectivity index (χ0) is 15.4. The number of rotatable bonds is 5. The first-order valence-corrected chi connectivity index (χ1v) is 7.16. The van der Waals surface area contributed by atoms with Crippen LogP contribution in [-0.2, 0) is 4.18 Å². The molecule has 0 radical (unpaired) electrons. The van der Waals surface area contributed by atoms with Crippen LogP contribution in [0.25, 0.3) is 0 Å². The van der Waals surface area contributed by atoms with Crippen molar-refractivity contribution in [3.05, 3.63) is 30.0 Å². The molecule has 112 valence electrons. The first-order chi connectivity index (χ1) is 10.0. The Balaban J connectivity index is 2.34. The second-order valence-electron chi connectivity index (χ2n) is 4.69. The van der Waals surface area contributed by atoms with E-state index in [-0.39, 0.29) is 11.8 Å². The lowest BCUT2D eigenvalue weighted by Gasteiger charge is -2.13. The van der Waals surface area contributed by atoms with E-state index in [2.05, 4.69) is 23.8 Å². The maximum atomic E-state index is 5.78. The van der Waals surface area contributed by atoms with Crippen molar-refractivity contribution >= 4 is 23.8 Å². The maximum Gasteiger partial charge on any atom is 0.222 e. The van der Waals surface area contributed by atoms with Gasteiger partial charge < -0.3 is 20.4 Å². The second-order valence-corrected chi connectivity index (χ2v) is 5.63. The summed E-state index contributed by atoms with van der Waals surface area (Å²) in [4.78, 5) is 8.61. The largest absolute Gasteiger partial charge is 0.451 e. The Morgan fingerprint density at radius 3 is 2.57 bits per heavy atom. The van der Waals surface area contributed by atoms with Gasteiger partial charge in [-0.1, -0.05) is 19.9 Å². The monoisotopic (exact) mass is 306 g/mol. The minimum atomic E-state index is 0.112. The van der Waals surface area contributed by atoms with Crippen molar-refractivity contribution in [3.63, 3.8) is 0 Å². The van der Waals surface area contributed by atoms with Crippen LogP contribution in [-0.4, -0.2) is 17.1 Å². The van der Waals surface area contributed by atoms with Crippen LogP contribution in [0.3, 0.4) is 0 Å². The van der Waals surface area contributed by atoms with Gasteiger partial charge in [-0.05, 0) is 23.6 Å². The number of hydrogen-bond donors (Lipinski definition) is 2. The molecule has 1 heterocycles. The summed E-state index contributed by atoms with van der Waals surface area (Å²) in [6.45, 7) is 4.26. The minimum absolute atomic E-state index is 0.112. The quantitative estimate of drug-likeness (QED) is 0.819. The maximum absolute atomic E-state index is 5.78. The van der Waals surface area contributed by atoms with Crippen molar-refractivity contribution < 1.29 is 8.92 Å². The van der Waals surface area contributed by atoms with Crippen molar-refractivity contribution in [1.29, 1.82) is 0 Å². The molecule has 0 fully saturated rings. The van der Waals surface area contributed by atoms with Gasteiger partial charge in [-0.15, -0.1) is 0 Å². The van der Waals surface area contributed by atoms with Crippen LogP contribution >= 0.6 is 12.0 Å². The lowest BCUT2D eigenvalue weighted by atomic mass is 10.0. The van der Waals surface area contributed by atoms with Crippen LogP contribution in [0.5, 0.6) is 11.5 Å². The molecule has 0 unspecified atom stereocenters. The molecule has 2 rings (SSSR count). The van der Waals surface area contributed by atoms with Gasteiger partial charge in [-0.25, -0.2) is 4.98 Å². The number of anilines is 2. The fourth-order valence-electron chi connectivity index (χ4n) is 1.72. The molecule has 0 aliphatic rings. The molecule has 0 aliphatic heterocycles.